The van der Waals surface area contributed by atoms with Crippen molar-refractivity contribution in [2.24, 2.45) is 0 Å². The highest BCUT2D eigenvalue weighted by Gasteiger charge is 2.18. The molecule has 3 rings (SSSR count). The number of benzene rings is 2. The standard InChI is InChI=1S/C19H16BrClN4O3/c1-11-15(10-22-25(11)16-9-14(21)7-8-17(16)28-2)19(27)24-23-18(26)12-3-5-13(20)6-4-12/h3-10H,1-2H3,(H,23,26)(H,24,27). The Morgan fingerprint density at radius 2 is 1.79 bits per heavy atom. The molecule has 0 unspecified atom stereocenters. The summed E-state index contributed by atoms with van der Waals surface area (Å²) in [5.41, 5.74) is 6.67. The summed E-state index contributed by atoms with van der Waals surface area (Å²) in [6.07, 6.45) is 1.41. The summed E-state index contributed by atoms with van der Waals surface area (Å²) in [4.78, 5) is 24.6. The summed E-state index contributed by atoms with van der Waals surface area (Å²) < 4.78 is 7.74. The van der Waals surface area contributed by atoms with Crippen LogP contribution in [-0.2, 0) is 0 Å². The van der Waals surface area contributed by atoms with E-state index in [9.17, 15) is 9.59 Å². The first-order chi connectivity index (χ1) is 13.4. The van der Waals surface area contributed by atoms with Gasteiger partial charge in [-0.05, 0) is 49.4 Å². The quantitative estimate of drug-likeness (QED) is 0.578. The number of halogens is 2. The number of nitrogens with zero attached hydrogens (tertiary/aromatic N) is 2. The molecule has 0 bridgehead atoms. The van der Waals surface area contributed by atoms with Crippen LogP contribution < -0.4 is 15.6 Å². The van der Waals surface area contributed by atoms with Crippen LogP contribution in [0.3, 0.4) is 0 Å². The van der Waals surface area contributed by atoms with Gasteiger partial charge < -0.3 is 4.74 Å². The van der Waals surface area contributed by atoms with E-state index < -0.39 is 11.8 Å². The van der Waals surface area contributed by atoms with Crippen LogP contribution in [0.25, 0.3) is 5.69 Å². The molecule has 2 aromatic carbocycles. The summed E-state index contributed by atoms with van der Waals surface area (Å²) >= 11 is 9.38. The minimum atomic E-state index is -0.491. The molecular weight excluding hydrogens is 448 g/mol. The summed E-state index contributed by atoms with van der Waals surface area (Å²) in [5, 5.41) is 4.76. The third kappa shape index (κ3) is 4.18. The lowest BCUT2D eigenvalue weighted by molar-refractivity contribution is 0.0846. The van der Waals surface area contributed by atoms with Gasteiger partial charge in [-0.3, -0.25) is 20.4 Å². The molecule has 2 N–H and O–H groups in total. The highest BCUT2D eigenvalue weighted by atomic mass is 79.9. The van der Waals surface area contributed by atoms with Gasteiger partial charge >= 0.3 is 0 Å². The Labute approximate surface area is 174 Å². The smallest absolute Gasteiger partial charge is 0.273 e. The van der Waals surface area contributed by atoms with E-state index in [0.717, 1.165) is 4.47 Å². The maximum Gasteiger partial charge on any atom is 0.273 e. The van der Waals surface area contributed by atoms with Crippen LogP contribution in [-0.4, -0.2) is 28.7 Å². The van der Waals surface area contributed by atoms with Gasteiger partial charge in [-0.25, -0.2) is 4.68 Å². The maximum absolute atomic E-state index is 12.5. The van der Waals surface area contributed by atoms with Gasteiger partial charge in [-0.15, -0.1) is 0 Å². The van der Waals surface area contributed by atoms with E-state index in [-0.39, 0.29) is 0 Å². The Kier molecular flexibility index (Phi) is 6.01. The second-order valence-electron chi connectivity index (χ2n) is 5.79. The van der Waals surface area contributed by atoms with Crippen LogP contribution in [0, 0.1) is 6.92 Å². The second kappa shape index (κ2) is 8.45. The molecule has 2 amide bonds. The summed E-state index contributed by atoms with van der Waals surface area (Å²) in [6.45, 7) is 1.73. The van der Waals surface area contributed by atoms with E-state index in [1.807, 2.05) is 0 Å². The number of amides is 2. The largest absolute Gasteiger partial charge is 0.494 e. The molecule has 0 radical (unpaired) electrons. The number of ether oxygens (including phenoxy) is 1. The second-order valence-corrected chi connectivity index (χ2v) is 7.14. The number of hydrogen-bond acceptors (Lipinski definition) is 4. The van der Waals surface area contributed by atoms with Crippen molar-refractivity contribution in [3.05, 3.63) is 75.0 Å². The molecular formula is C19H16BrClN4O3. The molecule has 0 saturated carbocycles. The van der Waals surface area contributed by atoms with E-state index >= 15 is 0 Å². The van der Waals surface area contributed by atoms with Crippen molar-refractivity contribution in [2.45, 2.75) is 6.92 Å². The van der Waals surface area contributed by atoms with Crippen molar-refractivity contribution < 1.29 is 14.3 Å². The van der Waals surface area contributed by atoms with E-state index in [4.69, 9.17) is 16.3 Å². The van der Waals surface area contributed by atoms with Crippen molar-refractivity contribution in [1.82, 2.24) is 20.6 Å². The number of carbonyl (C=O) groups is 2. The monoisotopic (exact) mass is 462 g/mol. The Bertz CT molecular complexity index is 1030. The number of nitrogens with one attached hydrogen (secondary N) is 2. The van der Waals surface area contributed by atoms with Crippen LogP contribution in [0.2, 0.25) is 5.02 Å². The number of aromatic nitrogens is 2. The zero-order valence-corrected chi connectivity index (χ0v) is 17.3. The molecule has 1 aromatic heterocycles. The van der Waals surface area contributed by atoms with Crippen LogP contribution in [0.4, 0.5) is 0 Å². The summed E-state index contributed by atoms with van der Waals surface area (Å²) in [7, 11) is 1.54. The van der Waals surface area contributed by atoms with Crippen LogP contribution in [0.1, 0.15) is 26.4 Å². The van der Waals surface area contributed by atoms with Gasteiger partial charge in [0.15, 0.2) is 0 Å². The number of hydrazine groups is 1. The Morgan fingerprint density at radius 3 is 2.46 bits per heavy atom. The molecule has 28 heavy (non-hydrogen) atoms. The first-order valence-electron chi connectivity index (χ1n) is 8.15. The van der Waals surface area contributed by atoms with Crippen molar-refractivity contribution in [1.29, 1.82) is 0 Å². The molecule has 144 valence electrons. The van der Waals surface area contributed by atoms with Crippen molar-refractivity contribution >= 4 is 39.3 Å². The van der Waals surface area contributed by atoms with Crippen LogP contribution >= 0.6 is 27.5 Å². The molecule has 0 spiro atoms. The molecule has 0 saturated heterocycles. The van der Waals surface area contributed by atoms with Gasteiger partial charge in [-0.2, -0.15) is 5.10 Å². The fraction of sp³-hybridized carbons (Fsp3) is 0.105. The molecule has 7 nitrogen and oxygen atoms in total. The van der Waals surface area contributed by atoms with Gasteiger partial charge in [0.1, 0.15) is 11.4 Å². The van der Waals surface area contributed by atoms with Crippen molar-refractivity contribution in [2.75, 3.05) is 7.11 Å². The molecule has 0 aliphatic carbocycles. The topological polar surface area (TPSA) is 85.2 Å². The van der Waals surface area contributed by atoms with E-state index in [2.05, 4.69) is 31.9 Å². The molecule has 3 aromatic rings. The number of methoxy groups -OCH3 is 1. The van der Waals surface area contributed by atoms with Crippen LogP contribution in [0.5, 0.6) is 5.75 Å². The van der Waals surface area contributed by atoms with E-state index in [1.54, 1.807) is 54.1 Å². The fourth-order valence-corrected chi connectivity index (χ4v) is 2.99. The lowest BCUT2D eigenvalue weighted by atomic mass is 10.2. The van der Waals surface area contributed by atoms with Crippen molar-refractivity contribution in [3.8, 4) is 11.4 Å². The summed E-state index contributed by atoms with van der Waals surface area (Å²) in [5.74, 6) is -0.358. The predicted molar refractivity (Wildman–Crippen MR) is 109 cm³/mol. The van der Waals surface area contributed by atoms with Gasteiger partial charge in [0, 0.05) is 15.1 Å². The highest BCUT2D eigenvalue weighted by molar-refractivity contribution is 9.10. The Hall–Kier alpha value is -2.84. The fourth-order valence-electron chi connectivity index (χ4n) is 2.56. The SMILES string of the molecule is COc1ccc(Cl)cc1-n1ncc(C(=O)NNC(=O)c2ccc(Br)cc2)c1C. The molecule has 9 heteroatoms. The van der Waals surface area contributed by atoms with Gasteiger partial charge in [0.25, 0.3) is 11.8 Å². The average molecular weight is 464 g/mol. The lowest BCUT2D eigenvalue weighted by Gasteiger charge is -2.11. The van der Waals surface area contributed by atoms with Gasteiger partial charge in [0.2, 0.25) is 0 Å². The van der Waals surface area contributed by atoms with Gasteiger partial charge in [-0.1, -0.05) is 27.5 Å². The molecule has 0 aliphatic rings. The van der Waals surface area contributed by atoms with E-state index in [0.29, 0.717) is 33.3 Å². The normalized spacial score (nSPS) is 10.4. The lowest BCUT2D eigenvalue weighted by Crippen LogP contribution is -2.41. The maximum atomic E-state index is 12.5. The third-order valence-electron chi connectivity index (χ3n) is 4.02. The summed E-state index contributed by atoms with van der Waals surface area (Å²) in [6, 6.07) is 11.9. The van der Waals surface area contributed by atoms with E-state index in [1.165, 1.54) is 13.3 Å². The number of hydrogen-bond donors (Lipinski definition) is 2. The Balaban J connectivity index is 1.76. The zero-order chi connectivity index (χ0) is 20.3. The minimum absolute atomic E-state index is 0.304. The van der Waals surface area contributed by atoms with Crippen LogP contribution in [0.15, 0.2) is 53.1 Å². The molecule has 0 aliphatic heterocycles. The third-order valence-corrected chi connectivity index (χ3v) is 4.78. The zero-order valence-electron chi connectivity index (χ0n) is 15.0. The highest BCUT2D eigenvalue weighted by Crippen LogP contribution is 2.27. The first-order valence-corrected chi connectivity index (χ1v) is 9.32. The molecule has 1 heterocycles. The number of rotatable bonds is 4. The number of carbonyl (C=O) groups excluding carboxylic acids is 2. The average Bonchev–Trinajstić information content (AvgIpc) is 3.07. The minimum Gasteiger partial charge on any atom is -0.494 e. The molecule has 0 fully saturated rings. The molecule has 0 atom stereocenters. The first kappa shape index (κ1) is 19.9. The Morgan fingerprint density at radius 1 is 1.11 bits per heavy atom. The van der Waals surface area contributed by atoms with Crippen molar-refractivity contribution in [3.63, 3.8) is 0 Å². The predicted octanol–water partition coefficient (Wildman–Crippen LogP) is 3.68. The van der Waals surface area contributed by atoms with Gasteiger partial charge in [0.05, 0.1) is 24.6 Å².